The van der Waals surface area contributed by atoms with Crippen LogP contribution in [0.15, 0.2) is 30.6 Å². The Labute approximate surface area is 162 Å². The van der Waals surface area contributed by atoms with Gasteiger partial charge in [0.15, 0.2) is 0 Å². The van der Waals surface area contributed by atoms with Crippen molar-refractivity contribution in [1.29, 1.82) is 0 Å². The number of rotatable bonds is 8. The topological polar surface area (TPSA) is 47.4 Å². The molecular formula is C22H31N3O2. The summed E-state index contributed by atoms with van der Waals surface area (Å²) in [6.07, 6.45) is 8.19. The van der Waals surface area contributed by atoms with E-state index in [-0.39, 0.29) is 11.8 Å². The van der Waals surface area contributed by atoms with E-state index in [0.717, 1.165) is 38.1 Å². The maximum Gasteiger partial charge on any atom is 0.226 e. The SMILES string of the molecule is COCCN(Cc1nccn1Cc1cc(C)ccc1C)C(=O)C1CCCC1. The number of carbonyl (C=O) groups excluding carboxylic acids is 1. The van der Waals surface area contributed by atoms with Crippen LogP contribution in [0.4, 0.5) is 0 Å². The quantitative estimate of drug-likeness (QED) is 0.713. The fourth-order valence-electron chi connectivity index (χ4n) is 3.86. The van der Waals surface area contributed by atoms with Crippen LogP contribution in [0.25, 0.3) is 0 Å². The maximum absolute atomic E-state index is 13.0. The Morgan fingerprint density at radius 1 is 1.30 bits per heavy atom. The zero-order valence-corrected chi connectivity index (χ0v) is 16.8. The summed E-state index contributed by atoms with van der Waals surface area (Å²) in [4.78, 5) is 19.5. The summed E-state index contributed by atoms with van der Waals surface area (Å²) in [5.74, 6) is 1.36. The van der Waals surface area contributed by atoms with Crippen LogP contribution < -0.4 is 0 Å². The molecule has 0 bridgehead atoms. The predicted octanol–water partition coefficient (Wildman–Crippen LogP) is 3.71. The van der Waals surface area contributed by atoms with Crippen molar-refractivity contribution < 1.29 is 9.53 Å². The average Bonchev–Trinajstić information content (AvgIpc) is 3.33. The molecule has 0 aliphatic heterocycles. The number of hydrogen-bond acceptors (Lipinski definition) is 3. The van der Waals surface area contributed by atoms with Crippen LogP contribution in [0.1, 0.15) is 48.2 Å². The highest BCUT2D eigenvalue weighted by atomic mass is 16.5. The van der Waals surface area contributed by atoms with Crippen molar-refractivity contribution in [3.05, 3.63) is 53.1 Å². The van der Waals surface area contributed by atoms with Gasteiger partial charge >= 0.3 is 0 Å². The fraction of sp³-hybridized carbons (Fsp3) is 0.545. The summed E-state index contributed by atoms with van der Waals surface area (Å²) in [6.45, 7) is 6.73. The predicted molar refractivity (Wildman–Crippen MR) is 106 cm³/mol. The van der Waals surface area contributed by atoms with E-state index < -0.39 is 0 Å². The average molecular weight is 370 g/mol. The van der Waals surface area contributed by atoms with Gasteiger partial charge in [-0.1, -0.05) is 36.6 Å². The van der Waals surface area contributed by atoms with Gasteiger partial charge in [-0.15, -0.1) is 0 Å². The summed E-state index contributed by atoms with van der Waals surface area (Å²) in [5.41, 5.74) is 3.83. The molecule has 0 atom stereocenters. The van der Waals surface area contributed by atoms with Gasteiger partial charge in [0.2, 0.25) is 5.91 Å². The summed E-state index contributed by atoms with van der Waals surface area (Å²) < 4.78 is 7.39. The molecule has 1 saturated carbocycles. The number of amides is 1. The molecule has 5 heteroatoms. The molecule has 0 spiro atoms. The van der Waals surface area contributed by atoms with Crippen LogP contribution in [0, 0.1) is 19.8 Å². The first-order valence-corrected chi connectivity index (χ1v) is 9.92. The number of aromatic nitrogens is 2. The molecule has 3 rings (SSSR count). The van der Waals surface area contributed by atoms with Crippen LogP contribution in [0.2, 0.25) is 0 Å². The molecule has 0 unspecified atom stereocenters. The molecule has 1 heterocycles. The van der Waals surface area contributed by atoms with E-state index in [1.165, 1.54) is 16.7 Å². The lowest BCUT2D eigenvalue weighted by atomic mass is 10.1. The Morgan fingerprint density at radius 2 is 2.07 bits per heavy atom. The molecule has 27 heavy (non-hydrogen) atoms. The third-order valence-corrected chi connectivity index (χ3v) is 5.56. The lowest BCUT2D eigenvalue weighted by molar-refractivity contribution is -0.136. The lowest BCUT2D eigenvalue weighted by Gasteiger charge is -2.25. The first-order chi connectivity index (χ1) is 13.1. The van der Waals surface area contributed by atoms with Gasteiger partial charge < -0.3 is 14.2 Å². The molecule has 0 radical (unpaired) electrons. The van der Waals surface area contributed by atoms with Crippen LogP contribution in [0.3, 0.4) is 0 Å². The Hall–Kier alpha value is -2.14. The Bertz CT molecular complexity index is 763. The number of benzene rings is 1. The Balaban J connectivity index is 1.75. The van der Waals surface area contributed by atoms with Crippen LogP contribution in [0.5, 0.6) is 0 Å². The second-order valence-corrected chi connectivity index (χ2v) is 7.64. The third kappa shape index (κ3) is 4.98. The van der Waals surface area contributed by atoms with Crippen LogP contribution in [-0.2, 0) is 22.6 Å². The molecule has 1 aromatic heterocycles. The number of imidazole rings is 1. The molecule has 1 amide bonds. The minimum absolute atomic E-state index is 0.171. The van der Waals surface area contributed by atoms with Crippen molar-refractivity contribution in [3.63, 3.8) is 0 Å². The summed E-state index contributed by atoms with van der Waals surface area (Å²) >= 11 is 0. The molecule has 146 valence electrons. The van der Waals surface area contributed by atoms with E-state index in [4.69, 9.17) is 4.74 Å². The molecule has 1 fully saturated rings. The Kier molecular flexibility index (Phi) is 6.67. The van der Waals surface area contributed by atoms with E-state index in [9.17, 15) is 4.79 Å². The van der Waals surface area contributed by atoms with Crippen molar-refractivity contribution in [2.45, 2.75) is 52.6 Å². The zero-order chi connectivity index (χ0) is 19.2. The second-order valence-electron chi connectivity index (χ2n) is 7.64. The molecular weight excluding hydrogens is 338 g/mol. The number of nitrogens with zero attached hydrogens (tertiary/aromatic N) is 3. The number of ether oxygens (including phenoxy) is 1. The smallest absolute Gasteiger partial charge is 0.226 e. The third-order valence-electron chi connectivity index (χ3n) is 5.56. The molecule has 5 nitrogen and oxygen atoms in total. The monoisotopic (exact) mass is 369 g/mol. The number of carbonyl (C=O) groups is 1. The first-order valence-electron chi connectivity index (χ1n) is 9.92. The molecule has 0 N–H and O–H groups in total. The second kappa shape index (κ2) is 9.18. The first kappa shape index (κ1) is 19.6. The van der Waals surface area contributed by atoms with Gasteiger partial charge in [-0.2, -0.15) is 0 Å². The molecule has 2 aromatic rings. The molecule has 1 aliphatic carbocycles. The van der Waals surface area contributed by atoms with Crippen LogP contribution >= 0.6 is 0 Å². The minimum atomic E-state index is 0.171. The van der Waals surface area contributed by atoms with Crippen molar-refractivity contribution in [2.24, 2.45) is 5.92 Å². The summed E-state index contributed by atoms with van der Waals surface area (Å²) in [6, 6.07) is 6.53. The van der Waals surface area contributed by atoms with Crippen molar-refractivity contribution >= 4 is 5.91 Å². The van der Waals surface area contributed by atoms with Crippen molar-refractivity contribution in [1.82, 2.24) is 14.5 Å². The summed E-state index contributed by atoms with van der Waals surface area (Å²) in [5, 5.41) is 0. The van der Waals surface area contributed by atoms with E-state index in [1.54, 1.807) is 7.11 Å². The van der Waals surface area contributed by atoms with E-state index in [2.05, 4.69) is 41.6 Å². The molecule has 1 aromatic carbocycles. The van der Waals surface area contributed by atoms with Crippen molar-refractivity contribution in [3.8, 4) is 0 Å². The molecule has 1 aliphatic rings. The maximum atomic E-state index is 13.0. The van der Waals surface area contributed by atoms with Crippen molar-refractivity contribution in [2.75, 3.05) is 20.3 Å². The van der Waals surface area contributed by atoms with E-state index in [0.29, 0.717) is 19.7 Å². The van der Waals surface area contributed by atoms with E-state index in [1.807, 2.05) is 17.3 Å². The largest absolute Gasteiger partial charge is 0.383 e. The normalized spacial score (nSPS) is 14.6. The zero-order valence-electron chi connectivity index (χ0n) is 16.8. The number of aryl methyl sites for hydroxylation is 2. The van der Waals surface area contributed by atoms with Gasteiger partial charge in [0.1, 0.15) is 5.82 Å². The number of methoxy groups -OCH3 is 1. The lowest BCUT2D eigenvalue weighted by Crippen LogP contribution is -2.38. The number of hydrogen-bond donors (Lipinski definition) is 0. The molecule has 0 saturated heterocycles. The minimum Gasteiger partial charge on any atom is -0.383 e. The fourth-order valence-corrected chi connectivity index (χ4v) is 3.86. The standard InChI is InChI=1S/C22H31N3O2/c1-17-8-9-18(2)20(14-17)15-24-11-10-23-21(24)16-25(12-13-27-3)22(26)19-6-4-5-7-19/h8-11,14,19H,4-7,12-13,15-16H2,1-3H3. The van der Waals surface area contributed by atoms with E-state index >= 15 is 0 Å². The van der Waals surface area contributed by atoms with Gasteiger partial charge in [0.05, 0.1) is 13.2 Å². The van der Waals surface area contributed by atoms with Gasteiger partial charge in [-0.25, -0.2) is 4.98 Å². The van der Waals surface area contributed by atoms with Gasteiger partial charge in [-0.3, -0.25) is 4.79 Å². The highest BCUT2D eigenvalue weighted by Crippen LogP contribution is 2.27. The Morgan fingerprint density at radius 3 is 2.81 bits per heavy atom. The summed E-state index contributed by atoms with van der Waals surface area (Å²) in [7, 11) is 1.68. The van der Waals surface area contributed by atoms with Gasteiger partial charge in [-0.05, 0) is 37.8 Å². The van der Waals surface area contributed by atoms with Crippen LogP contribution in [-0.4, -0.2) is 40.6 Å². The van der Waals surface area contributed by atoms with Gasteiger partial charge in [0, 0.05) is 38.5 Å². The highest BCUT2D eigenvalue weighted by Gasteiger charge is 2.28. The van der Waals surface area contributed by atoms with Gasteiger partial charge in [0.25, 0.3) is 0 Å². The highest BCUT2D eigenvalue weighted by molar-refractivity contribution is 5.79.